The Bertz CT molecular complexity index is 1330. The minimum absolute atomic E-state index is 0.00140. The van der Waals surface area contributed by atoms with Gasteiger partial charge in [-0.1, -0.05) is 359 Å². The van der Waals surface area contributed by atoms with Crippen LogP contribution < -0.4 is 5.32 Å². The van der Waals surface area contributed by atoms with Crippen LogP contribution in [0.2, 0.25) is 0 Å². The van der Waals surface area contributed by atoms with Crippen molar-refractivity contribution in [2.45, 2.75) is 424 Å². The van der Waals surface area contributed by atoms with Crippen LogP contribution in [0.3, 0.4) is 0 Å². The quantitative estimate of drug-likeness (QED) is 0.0320. The molecule has 2 atom stereocenters. The van der Waals surface area contributed by atoms with E-state index < -0.39 is 12.1 Å². The second-order valence-corrected chi connectivity index (χ2v) is 25.6. The van der Waals surface area contributed by atoms with Crippen LogP contribution in [0.15, 0.2) is 36.5 Å². The van der Waals surface area contributed by atoms with Gasteiger partial charge in [-0.25, -0.2) is 0 Å². The van der Waals surface area contributed by atoms with Crippen molar-refractivity contribution < 1.29 is 24.5 Å². The van der Waals surface area contributed by atoms with Gasteiger partial charge < -0.3 is 20.3 Å². The zero-order chi connectivity index (χ0) is 59.2. The molecule has 6 nitrogen and oxygen atoms in total. The third-order valence-electron chi connectivity index (χ3n) is 17.4. The Balaban J connectivity index is 3.41. The second-order valence-electron chi connectivity index (χ2n) is 25.6. The number of carbonyl (C=O) groups excluding carboxylic acids is 2. The highest BCUT2D eigenvalue weighted by molar-refractivity contribution is 5.76. The Hall–Kier alpha value is -1.92. The Morgan fingerprint density at radius 3 is 0.976 bits per heavy atom. The molecule has 1 amide bonds. The molecule has 0 aliphatic carbocycles. The van der Waals surface area contributed by atoms with E-state index in [4.69, 9.17) is 4.74 Å². The summed E-state index contributed by atoms with van der Waals surface area (Å²) in [5.74, 6) is -0.0297. The van der Waals surface area contributed by atoms with Gasteiger partial charge in [-0.15, -0.1) is 0 Å². The summed E-state index contributed by atoms with van der Waals surface area (Å²) in [5.41, 5.74) is 0. The molecule has 6 heteroatoms. The zero-order valence-electron chi connectivity index (χ0n) is 55.5. The molecule has 0 rings (SSSR count). The van der Waals surface area contributed by atoms with E-state index in [1.54, 1.807) is 0 Å². The third kappa shape index (κ3) is 67.2. The molecular weight excluding hydrogens is 1010 g/mol. The Kier molecular flexibility index (Phi) is 69.9. The van der Waals surface area contributed by atoms with Gasteiger partial charge in [0.1, 0.15) is 0 Å². The molecule has 484 valence electrons. The highest BCUT2D eigenvalue weighted by atomic mass is 16.5. The number of unbranched alkanes of at least 4 members (excludes halogenated alkanes) is 53. The van der Waals surface area contributed by atoms with Gasteiger partial charge >= 0.3 is 5.97 Å². The molecule has 0 aliphatic heterocycles. The number of nitrogens with one attached hydrogen (secondary N) is 1. The van der Waals surface area contributed by atoms with Crippen LogP contribution in [0.1, 0.15) is 412 Å². The summed E-state index contributed by atoms with van der Waals surface area (Å²) in [6, 6.07) is -0.544. The first-order chi connectivity index (χ1) is 40.5. The fourth-order valence-electron chi connectivity index (χ4n) is 11.7. The first-order valence-electron chi connectivity index (χ1n) is 37.2. The number of ether oxygens (including phenoxy) is 1. The van der Waals surface area contributed by atoms with E-state index in [1.807, 2.05) is 0 Å². The Labute approximate surface area is 513 Å². The summed E-state index contributed by atoms with van der Waals surface area (Å²) in [6.07, 6.45) is 92.1. The van der Waals surface area contributed by atoms with Crippen molar-refractivity contribution in [3.63, 3.8) is 0 Å². The van der Waals surface area contributed by atoms with Crippen LogP contribution in [0, 0.1) is 0 Å². The van der Waals surface area contributed by atoms with Crippen molar-refractivity contribution in [2.24, 2.45) is 0 Å². The van der Waals surface area contributed by atoms with Crippen molar-refractivity contribution in [3.05, 3.63) is 36.5 Å². The fourth-order valence-corrected chi connectivity index (χ4v) is 11.7. The van der Waals surface area contributed by atoms with Gasteiger partial charge in [-0.3, -0.25) is 9.59 Å². The second kappa shape index (κ2) is 71.6. The fraction of sp³-hybridized carbons (Fsp3) is 0.895. The molecule has 0 aliphatic rings. The molecule has 0 aromatic carbocycles. The minimum atomic E-state index is -0.667. The van der Waals surface area contributed by atoms with Gasteiger partial charge in [0.2, 0.25) is 5.91 Å². The average molecular weight is 1150 g/mol. The maximum Gasteiger partial charge on any atom is 0.305 e. The van der Waals surface area contributed by atoms with Crippen molar-refractivity contribution in [2.75, 3.05) is 13.2 Å². The van der Waals surface area contributed by atoms with E-state index in [0.717, 1.165) is 51.4 Å². The highest BCUT2D eigenvalue weighted by Gasteiger charge is 2.20. The maximum absolute atomic E-state index is 12.6. The van der Waals surface area contributed by atoms with E-state index in [1.165, 1.54) is 327 Å². The van der Waals surface area contributed by atoms with Gasteiger partial charge in [0.25, 0.3) is 0 Å². The van der Waals surface area contributed by atoms with Crippen LogP contribution in [-0.4, -0.2) is 47.4 Å². The average Bonchev–Trinajstić information content (AvgIpc) is 3.48. The number of allylic oxidation sites excluding steroid dienone is 6. The first kappa shape index (κ1) is 80.1. The summed E-state index contributed by atoms with van der Waals surface area (Å²) in [6.45, 7) is 4.95. The lowest BCUT2D eigenvalue weighted by Crippen LogP contribution is -2.45. The zero-order valence-corrected chi connectivity index (χ0v) is 55.5. The number of hydrogen-bond donors (Lipinski definition) is 3. The lowest BCUT2D eigenvalue weighted by Gasteiger charge is -2.22. The van der Waals surface area contributed by atoms with E-state index in [9.17, 15) is 19.8 Å². The number of rotatable bonds is 70. The van der Waals surface area contributed by atoms with E-state index in [-0.39, 0.29) is 18.5 Å². The summed E-state index contributed by atoms with van der Waals surface area (Å²) in [4.78, 5) is 24.6. The number of esters is 1. The normalized spacial score (nSPS) is 12.7. The maximum atomic E-state index is 12.6. The van der Waals surface area contributed by atoms with E-state index in [0.29, 0.717) is 25.9 Å². The third-order valence-corrected chi connectivity index (χ3v) is 17.4. The molecule has 0 saturated heterocycles. The molecule has 0 aromatic rings. The number of hydrogen-bond acceptors (Lipinski definition) is 5. The predicted octanol–water partition coefficient (Wildman–Crippen LogP) is 24.3. The number of aliphatic hydroxyl groups excluding tert-OH is 2. The van der Waals surface area contributed by atoms with Crippen LogP contribution >= 0.6 is 0 Å². The molecule has 82 heavy (non-hydrogen) atoms. The standard InChI is InChI=1S/C76H145NO5/c1-3-5-7-9-11-13-15-16-17-18-19-20-21-27-30-33-36-39-42-45-49-52-56-60-64-68-74(79)73(72-78)77-75(80)69-65-61-57-53-50-46-43-40-37-34-31-28-25-23-22-24-26-29-32-35-38-41-44-47-51-55-59-63-67-71-82-76(81)70-66-62-58-54-48-14-12-10-8-6-4-2/h10,12,22,24,29,32,73-74,78-79H,3-9,11,13-21,23,25-28,30-31,33-72H2,1-2H3,(H,77,80)/b12-10-,24-22-,32-29-. The monoisotopic (exact) mass is 1150 g/mol. The van der Waals surface area contributed by atoms with E-state index in [2.05, 4.69) is 55.6 Å². The lowest BCUT2D eigenvalue weighted by molar-refractivity contribution is -0.143. The van der Waals surface area contributed by atoms with Crippen molar-refractivity contribution >= 4 is 11.9 Å². The van der Waals surface area contributed by atoms with Gasteiger partial charge in [0.15, 0.2) is 0 Å². The SMILES string of the molecule is CCCC/C=C\CCCCCCCC(=O)OCCCCCCCCCCC/C=C\C/C=C\CCCCCCCCCCCCCCCC(=O)NC(CO)C(O)CCCCCCCCCCCCCCCCCCCCCCCCCCC. The summed E-state index contributed by atoms with van der Waals surface area (Å²) < 4.78 is 5.46. The van der Waals surface area contributed by atoms with Crippen LogP contribution in [0.4, 0.5) is 0 Å². The largest absolute Gasteiger partial charge is 0.466 e. The van der Waals surface area contributed by atoms with Gasteiger partial charge in [0, 0.05) is 12.8 Å². The number of carbonyl (C=O) groups is 2. The smallest absolute Gasteiger partial charge is 0.305 e. The molecule has 0 radical (unpaired) electrons. The Morgan fingerprint density at radius 2 is 0.622 bits per heavy atom. The molecule has 0 saturated carbocycles. The minimum Gasteiger partial charge on any atom is -0.466 e. The number of aliphatic hydroxyl groups is 2. The summed E-state index contributed by atoms with van der Waals surface area (Å²) >= 11 is 0. The first-order valence-corrected chi connectivity index (χ1v) is 37.2. The van der Waals surface area contributed by atoms with Crippen molar-refractivity contribution in [1.82, 2.24) is 5.32 Å². The summed E-state index contributed by atoms with van der Waals surface area (Å²) in [5, 5.41) is 23.5. The predicted molar refractivity (Wildman–Crippen MR) is 361 cm³/mol. The molecular formula is C76H145NO5. The molecule has 0 bridgehead atoms. The molecule has 0 aromatic heterocycles. The van der Waals surface area contributed by atoms with Crippen LogP contribution in [-0.2, 0) is 14.3 Å². The van der Waals surface area contributed by atoms with Gasteiger partial charge in [-0.2, -0.15) is 0 Å². The highest BCUT2D eigenvalue weighted by Crippen LogP contribution is 2.19. The molecule has 0 fully saturated rings. The lowest BCUT2D eigenvalue weighted by atomic mass is 10.0. The van der Waals surface area contributed by atoms with Crippen LogP contribution in [0.5, 0.6) is 0 Å². The van der Waals surface area contributed by atoms with Crippen molar-refractivity contribution in [1.29, 1.82) is 0 Å². The molecule has 0 heterocycles. The summed E-state index contributed by atoms with van der Waals surface area (Å²) in [7, 11) is 0. The van der Waals surface area contributed by atoms with Gasteiger partial charge in [0.05, 0.1) is 25.4 Å². The molecule has 2 unspecified atom stereocenters. The molecule has 3 N–H and O–H groups in total. The van der Waals surface area contributed by atoms with Crippen LogP contribution in [0.25, 0.3) is 0 Å². The Morgan fingerprint density at radius 1 is 0.341 bits per heavy atom. The topological polar surface area (TPSA) is 95.9 Å². The van der Waals surface area contributed by atoms with Crippen molar-refractivity contribution in [3.8, 4) is 0 Å². The van der Waals surface area contributed by atoms with Gasteiger partial charge in [-0.05, 0) is 77.0 Å². The van der Waals surface area contributed by atoms with E-state index >= 15 is 0 Å². The number of amides is 1. The molecule has 0 spiro atoms.